The number of nitrogens with one attached hydrogen (secondary N) is 1. The predicted molar refractivity (Wildman–Crippen MR) is 78.3 cm³/mol. The SMILES string of the molecule is CCCNC1CCN(C(=O)c2cc(C)c(F)cc2F)CC1. The number of carbonyl (C=O) groups excluding carboxylic acids is 1. The Morgan fingerprint density at radius 1 is 1.29 bits per heavy atom. The topological polar surface area (TPSA) is 32.3 Å². The number of halogens is 2. The average molecular weight is 296 g/mol. The lowest BCUT2D eigenvalue weighted by Crippen LogP contribution is -2.45. The predicted octanol–water partition coefficient (Wildman–Crippen LogP) is 2.88. The van der Waals surface area contributed by atoms with Gasteiger partial charge in [0.25, 0.3) is 5.91 Å². The number of nitrogens with zero attached hydrogens (tertiary/aromatic N) is 1. The summed E-state index contributed by atoms with van der Waals surface area (Å²) >= 11 is 0. The third kappa shape index (κ3) is 3.79. The van der Waals surface area contributed by atoms with Gasteiger partial charge in [-0.05, 0) is 44.4 Å². The zero-order valence-corrected chi connectivity index (χ0v) is 12.6. The Bertz CT molecular complexity index is 511. The van der Waals surface area contributed by atoms with Gasteiger partial charge in [0.1, 0.15) is 11.6 Å². The molecule has 1 saturated heterocycles. The van der Waals surface area contributed by atoms with E-state index in [1.807, 2.05) is 0 Å². The number of hydrogen-bond acceptors (Lipinski definition) is 2. The van der Waals surface area contributed by atoms with Crippen LogP contribution in [0.1, 0.15) is 42.1 Å². The lowest BCUT2D eigenvalue weighted by atomic mass is 10.0. The van der Waals surface area contributed by atoms with E-state index in [2.05, 4.69) is 12.2 Å². The molecular formula is C16H22F2N2O. The molecule has 0 aliphatic carbocycles. The van der Waals surface area contributed by atoms with Crippen molar-refractivity contribution in [3.8, 4) is 0 Å². The third-order valence-corrected chi connectivity index (χ3v) is 3.94. The summed E-state index contributed by atoms with van der Waals surface area (Å²) in [7, 11) is 0. The number of piperidine rings is 1. The molecule has 0 radical (unpaired) electrons. The molecule has 1 N–H and O–H groups in total. The summed E-state index contributed by atoms with van der Waals surface area (Å²) in [6.07, 6.45) is 2.82. The minimum Gasteiger partial charge on any atom is -0.338 e. The highest BCUT2D eigenvalue weighted by Crippen LogP contribution is 2.19. The van der Waals surface area contributed by atoms with E-state index < -0.39 is 11.6 Å². The molecule has 1 heterocycles. The third-order valence-electron chi connectivity index (χ3n) is 3.94. The van der Waals surface area contributed by atoms with Crippen molar-refractivity contribution in [1.29, 1.82) is 0 Å². The van der Waals surface area contributed by atoms with Gasteiger partial charge in [0.05, 0.1) is 5.56 Å². The minimum absolute atomic E-state index is 0.0335. The first-order valence-electron chi connectivity index (χ1n) is 7.51. The van der Waals surface area contributed by atoms with Crippen LogP contribution < -0.4 is 5.32 Å². The van der Waals surface area contributed by atoms with Crippen LogP contribution in [0.15, 0.2) is 12.1 Å². The Kier molecular flexibility index (Phi) is 5.28. The van der Waals surface area contributed by atoms with Crippen molar-refractivity contribution in [3.05, 3.63) is 34.9 Å². The summed E-state index contributed by atoms with van der Waals surface area (Å²) < 4.78 is 27.0. The Morgan fingerprint density at radius 2 is 1.95 bits per heavy atom. The van der Waals surface area contributed by atoms with Crippen molar-refractivity contribution in [2.75, 3.05) is 19.6 Å². The fourth-order valence-corrected chi connectivity index (χ4v) is 2.63. The van der Waals surface area contributed by atoms with Crippen LogP contribution in [-0.2, 0) is 0 Å². The molecule has 1 amide bonds. The summed E-state index contributed by atoms with van der Waals surface area (Å²) in [4.78, 5) is 14.0. The van der Waals surface area contributed by atoms with Gasteiger partial charge in [-0.3, -0.25) is 4.79 Å². The van der Waals surface area contributed by atoms with Crippen molar-refractivity contribution in [3.63, 3.8) is 0 Å². The monoisotopic (exact) mass is 296 g/mol. The molecule has 0 aromatic heterocycles. The number of amides is 1. The molecule has 1 aromatic carbocycles. The number of hydrogen-bond donors (Lipinski definition) is 1. The van der Waals surface area contributed by atoms with E-state index in [1.54, 1.807) is 4.90 Å². The van der Waals surface area contributed by atoms with Crippen LogP contribution in [0.2, 0.25) is 0 Å². The first kappa shape index (κ1) is 15.9. The molecule has 2 rings (SSSR count). The summed E-state index contributed by atoms with van der Waals surface area (Å²) in [6.45, 7) is 5.84. The molecule has 1 aromatic rings. The lowest BCUT2D eigenvalue weighted by Gasteiger charge is -2.32. The molecule has 0 atom stereocenters. The number of aryl methyl sites for hydroxylation is 1. The van der Waals surface area contributed by atoms with E-state index in [1.165, 1.54) is 13.0 Å². The second kappa shape index (κ2) is 6.98. The van der Waals surface area contributed by atoms with Crippen molar-refractivity contribution < 1.29 is 13.6 Å². The zero-order valence-electron chi connectivity index (χ0n) is 12.6. The molecule has 0 bridgehead atoms. The van der Waals surface area contributed by atoms with E-state index in [0.717, 1.165) is 31.9 Å². The molecule has 0 spiro atoms. The van der Waals surface area contributed by atoms with Gasteiger partial charge in [-0.25, -0.2) is 8.78 Å². The lowest BCUT2D eigenvalue weighted by molar-refractivity contribution is 0.0700. The van der Waals surface area contributed by atoms with E-state index >= 15 is 0 Å². The van der Waals surface area contributed by atoms with Gasteiger partial charge >= 0.3 is 0 Å². The Labute approximate surface area is 124 Å². The van der Waals surface area contributed by atoms with Crippen LogP contribution in [-0.4, -0.2) is 36.5 Å². The first-order chi connectivity index (χ1) is 10.0. The molecule has 116 valence electrons. The summed E-state index contributed by atoms with van der Waals surface area (Å²) in [5.41, 5.74) is 0.258. The normalized spacial score (nSPS) is 16.3. The van der Waals surface area contributed by atoms with Crippen molar-refractivity contribution in [1.82, 2.24) is 10.2 Å². The second-order valence-corrected chi connectivity index (χ2v) is 5.60. The smallest absolute Gasteiger partial charge is 0.256 e. The Balaban J connectivity index is 2.00. The molecular weight excluding hydrogens is 274 g/mol. The van der Waals surface area contributed by atoms with Crippen LogP contribution in [0.25, 0.3) is 0 Å². The van der Waals surface area contributed by atoms with Crippen molar-refractivity contribution in [2.45, 2.75) is 39.2 Å². The Hall–Kier alpha value is -1.49. The summed E-state index contributed by atoms with van der Waals surface area (Å²) in [5, 5.41) is 3.44. The summed E-state index contributed by atoms with van der Waals surface area (Å²) in [5.74, 6) is -1.75. The summed E-state index contributed by atoms with van der Waals surface area (Å²) in [6, 6.07) is 2.51. The number of carbonyl (C=O) groups is 1. The van der Waals surface area contributed by atoms with Gasteiger partial charge in [-0.15, -0.1) is 0 Å². The highest BCUT2D eigenvalue weighted by atomic mass is 19.1. The maximum absolute atomic E-state index is 13.8. The zero-order chi connectivity index (χ0) is 15.4. The van der Waals surface area contributed by atoms with E-state index in [4.69, 9.17) is 0 Å². The van der Waals surface area contributed by atoms with E-state index in [9.17, 15) is 13.6 Å². The fraction of sp³-hybridized carbons (Fsp3) is 0.562. The highest BCUT2D eigenvalue weighted by molar-refractivity contribution is 5.94. The van der Waals surface area contributed by atoms with Crippen LogP contribution in [0.5, 0.6) is 0 Å². The van der Waals surface area contributed by atoms with Gasteiger partial charge in [0.2, 0.25) is 0 Å². The van der Waals surface area contributed by atoms with Gasteiger partial charge in [0.15, 0.2) is 0 Å². The molecule has 3 nitrogen and oxygen atoms in total. The first-order valence-corrected chi connectivity index (χ1v) is 7.51. The number of rotatable bonds is 4. The van der Waals surface area contributed by atoms with E-state index in [-0.39, 0.29) is 11.5 Å². The fourth-order valence-electron chi connectivity index (χ4n) is 2.63. The number of benzene rings is 1. The molecule has 1 aliphatic heterocycles. The van der Waals surface area contributed by atoms with Crippen LogP contribution in [0.4, 0.5) is 8.78 Å². The quantitative estimate of drug-likeness (QED) is 0.926. The maximum atomic E-state index is 13.8. The molecule has 1 fully saturated rings. The highest BCUT2D eigenvalue weighted by Gasteiger charge is 2.25. The molecule has 0 unspecified atom stereocenters. The van der Waals surface area contributed by atoms with Gasteiger partial charge in [0, 0.05) is 25.2 Å². The molecule has 0 saturated carbocycles. The molecule has 5 heteroatoms. The maximum Gasteiger partial charge on any atom is 0.256 e. The van der Waals surface area contributed by atoms with Crippen molar-refractivity contribution in [2.24, 2.45) is 0 Å². The van der Waals surface area contributed by atoms with Crippen LogP contribution >= 0.6 is 0 Å². The molecule has 1 aliphatic rings. The van der Waals surface area contributed by atoms with Gasteiger partial charge in [-0.2, -0.15) is 0 Å². The van der Waals surface area contributed by atoms with Crippen molar-refractivity contribution >= 4 is 5.91 Å². The van der Waals surface area contributed by atoms with Gasteiger partial charge < -0.3 is 10.2 Å². The van der Waals surface area contributed by atoms with Crippen LogP contribution in [0, 0.1) is 18.6 Å². The average Bonchev–Trinajstić information content (AvgIpc) is 2.48. The largest absolute Gasteiger partial charge is 0.338 e. The standard InChI is InChI=1S/C16H22F2N2O/c1-3-6-19-12-4-7-20(8-5-12)16(21)13-9-11(2)14(17)10-15(13)18/h9-10,12,19H,3-8H2,1-2H3. The number of likely N-dealkylation sites (tertiary alicyclic amines) is 1. The minimum atomic E-state index is -0.783. The van der Waals surface area contributed by atoms with E-state index in [0.29, 0.717) is 24.7 Å². The van der Waals surface area contributed by atoms with Crippen LogP contribution in [0.3, 0.4) is 0 Å². The molecule has 21 heavy (non-hydrogen) atoms. The second-order valence-electron chi connectivity index (χ2n) is 5.60. The Morgan fingerprint density at radius 3 is 2.57 bits per heavy atom. The van der Waals surface area contributed by atoms with Gasteiger partial charge in [-0.1, -0.05) is 6.92 Å².